The number of aryl methyl sites for hydroxylation is 2. The van der Waals surface area contributed by atoms with E-state index in [0.717, 1.165) is 61.7 Å². The Morgan fingerprint density at radius 1 is 0.705 bits per heavy atom. The summed E-state index contributed by atoms with van der Waals surface area (Å²) in [6.45, 7) is 15.5. The number of fused-ring (bicyclic) bond motifs is 4. The summed E-state index contributed by atoms with van der Waals surface area (Å²) in [5, 5.41) is 2.31. The molecule has 0 atom stereocenters. The van der Waals surface area contributed by atoms with Crippen molar-refractivity contribution in [3.63, 3.8) is 0 Å². The quantitative estimate of drug-likeness (QED) is 0.169. The van der Waals surface area contributed by atoms with Gasteiger partial charge in [-0.05, 0) is 46.4 Å². The van der Waals surface area contributed by atoms with E-state index in [1.165, 1.54) is 16.5 Å². The third kappa shape index (κ3) is 5.01. The molecule has 0 spiro atoms. The zero-order chi connectivity index (χ0) is 30.3. The molecule has 0 saturated carbocycles. The van der Waals surface area contributed by atoms with E-state index >= 15 is 0 Å². The van der Waals surface area contributed by atoms with Gasteiger partial charge in [0.05, 0.1) is 22.5 Å². The third-order valence-electron chi connectivity index (χ3n) is 8.51. The molecular formula is C38H37N5Pt. The Kier molecular flexibility index (Phi) is 7.24. The van der Waals surface area contributed by atoms with Gasteiger partial charge in [0.1, 0.15) is 0 Å². The fraction of sp³-hybridized carbons (Fsp3) is 0.263. The van der Waals surface area contributed by atoms with Crippen LogP contribution >= 0.6 is 0 Å². The van der Waals surface area contributed by atoms with E-state index < -0.39 is 0 Å². The first-order chi connectivity index (χ1) is 20.4. The summed E-state index contributed by atoms with van der Waals surface area (Å²) in [4.78, 5) is 15.2. The molecule has 5 nitrogen and oxygen atoms in total. The van der Waals surface area contributed by atoms with Crippen LogP contribution in [0.5, 0.6) is 0 Å². The second kappa shape index (κ2) is 10.6. The Balaban J connectivity index is 0.00000343. The molecule has 7 aromatic rings. The summed E-state index contributed by atoms with van der Waals surface area (Å²) in [7, 11) is 2.07. The number of aromatic nitrogens is 5. The van der Waals surface area contributed by atoms with Gasteiger partial charge in [-0.15, -0.1) is 23.8 Å². The number of pyridine rings is 1. The van der Waals surface area contributed by atoms with Crippen molar-refractivity contribution >= 4 is 33.0 Å². The first kappa shape index (κ1) is 30.1. The first-order valence-electron chi connectivity index (χ1n) is 14.9. The van der Waals surface area contributed by atoms with Gasteiger partial charge in [-0.2, -0.15) is 0 Å². The van der Waals surface area contributed by atoms with E-state index in [1.807, 2.05) is 13.0 Å². The molecule has 0 amide bonds. The van der Waals surface area contributed by atoms with E-state index in [9.17, 15) is 0 Å². The molecule has 7 rings (SSSR count). The Labute approximate surface area is 273 Å². The van der Waals surface area contributed by atoms with Crippen LogP contribution in [0, 0.1) is 13.0 Å². The van der Waals surface area contributed by atoms with Gasteiger partial charge >= 0.3 is 21.1 Å². The minimum Gasteiger partial charge on any atom is -0.440 e. The van der Waals surface area contributed by atoms with Crippen LogP contribution in [0.2, 0.25) is 0 Å². The topological polar surface area (TPSA) is 49.7 Å². The number of imidazole rings is 1. The molecule has 0 aliphatic heterocycles. The zero-order valence-electron chi connectivity index (χ0n) is 26.6. The normalized spacial score (nSPS) is 12.4. The van der Waals surface area contributed by atoms with Crippen LogP contribution in [-0.2, 0) is 38.9 Å². The van der Waals surface area contributed by atoms with Crippen LogP contribution in [0.15, 0.2) is 78.9 Å². The standard InChI is InChI=1S/C38H37N5.Pt/c1-23-13-18-34(39-23)43-32-17-14-26(37(2,3)4)22-29(32)28-15-16-30(40-36(28)43)24-19-25(21-27(20-24)38(5,6)7)35-41-31-11-9-10-12-33(31)42(35)8;/h9-18,20-22H,1-8H3;/q-2;+2. The second-order valence-electron chi connectivity index (χ2n) is 13.8. The maximum atomic E-state index is 5.35. The SMILES string of the molecule is Cc1ccc(-n2c3ccc(C(C)(C)C)cc3c3ccc(-c4[c-]c(-c5nc6ccccc6n5C)cc(C(C)(C)C)c4)nc32)[n-]1.[Pt+2]. The number of benzene rings is 3. The van der Waals surface area contributed by atoms with Crippen molar-refractivity contribution in [2.24, 2.45) is 7.05 Å². The molecule has 0 bridgehead atoms. The predicted molar refractivity (Wildman–Crippen MR) is 178 cm³/mol. The fourth-order valence-electron chi connectivity index (χ4n) is 5.96. The summed E-state index contributed by atoms with van der Waals surface area (Å²) in [5.74, 6) is 1.79. The average Bonchev–Trinajstić information content (AvgIpc) is 3.64. The number of para-hydroxylation sites is 2. The van der Waals surface area contributed by atoms with Gasteiger partial charge in [-0.1, -0.05) is 119 Å². The summed E-state index contributed by atoms with van der Waals surface area (Å²) in [5.41, 5.74) is 10.4. The Morgan fingerprint density at radius 3 is 2.11 bits per heavy atom. The van der Waals surface area contributed by atoms with Crippen molar-refractivity contribution in [1.29, 1.82) is 0 Å². The largest absolute Gasteiger partial charge is 2.00 e. The number of hydrogen-bond acceptors (Lipinski definition) is 2. The molecule has 4 heterocycles. The number of rotatable bonds is 3. The molecule has 4 aromatic heterocycles. The maximum absolute atomic E-state index is 5.35. The van der Waals surface area contributed by atoms with Gasteiger partial charge in [0.15, 0.2) is 0 Å². The second-order valence-corrected chi connectivity index (χ2v) is 13.8. The molecule has 44 heavy (non-hydrogen) atoms. The minimum absolute atomic E-state index is 0. The summed E-state index contributed by atoms with van der Waals surface area (Å²) in [6.07, 6.45) is 0. The van der Waals surface area contributed by atoms with Gasteiger partial charge < -0.3 is 14.1 Å². The van der Waals surface area contributed by atoms with E-state index in [0.29, 0.717) is 0 Å². The van der Waals surface area contributed by atoms with E-state index in [1.54, 1.807) is 0 Å². The van der Waals surface area contributed by atoms with E-state index in [2.05, 4.69) is 137 Å². The van der Waals surface area contributed by atoms with Crippen LogP contribution in [-0.4, -0.2) is 19.1 Å². The van der Waals surface area contributed by atoms with Crippen molar-refractivity contribution in [3.8, 4) is 28.5 Å². The van der Waals surface area contributed by atoms with Crippen molar-refractivity contribution in [2.75, 3.05) is 0 Å². The molecule has 0 fully saturated rings. The number of nitrogens with zero attached hydrogens (tertiary/aromatic N) is 5. The average molecular weight is 759 g/mol. The Hall–Kier alpha value is -3.95. The van der Waals surface area contributed by atoms with Gasteiger partial charge in [0, 0.05) is 18.1 Å². The molecule has 3 aromatic carbocycles. The Bertz CT molecular complexity index is 2180. The Morgan fingerprint density at radius 2 is 1.43 bits per heavy atom. The van der Waals surface area contributed by atoms with Gasteiger partial charge in [-0.25, -0.2) is 0 Å². The van der Waals surface area contributed by atoms with Gasteiger partial charge in [-0.3, -0.25) is 9.97 Å². The molecule has 6 heteroatoms. The maximum Gasteiger partial charge on any atom is 2.00 e. The van der Waals surface area contributed by atoms with Crippen LogP contribution in [0.3, 0.4) is 0 Å². The zero-order valence-corrected chi connectivity index (χ0v) is 28.8. The fourth-order valence-corrected chi connectivity index (χ4v) is 5.96. The minimum atomic E-state index is -0.0672. The van der Waals surface area contributed by atoms with Crippen LogP contribution in [0.25, 0.3) is 61.4 Å². The van der Waals surface area contributed by atoms with Crippen LogP contribution < -0.4 is 4.98 Å². The summed E-state index contributed by atoms with van der Waals surface area (Å²) < 4.78 is 4.36. The molecule has 0 N–H and O–H groups in total. The smallest absolute Gasteiger partial charge is 0.440 e. The van der Waals surface area contributed by atoms with Crippen molar-refractivity contribution in [1.82, 2.24) is 24.1 Å². The van der Waals surface area contributed by atoms with E-state index in [-0.39, 0.29) is 31.9 Å². The van der Waals surface area contributed by atoms with Crippen molar-refractivity contribution in [2.45, 2.75) is 59.3 Å². The molecular weight excluding hydrogens is 722 g/mol. The third-order valence-corrected chi connectivity index (χ3v) is 8.51. The van der Waals surface area contributed by atoms with E-state index in [4.69, 9.17) is 15.0 Å². The van der Waals surface area contributed by atoms with Gasteiger partial charge in [0.2, 0.25) is 0 Å². The van der Waals surface area contributed by atoms with Gasteiger partial charge in [0.25, 0.3) is 0 Å². The molecule has 0 aliphatic rings. The monoisotopic (exact) mass is 758 g/mol. The molecule has 0 radical (unpaired) electrons. The molecule has 0 saturated heterocycles. The molecule has 0 unspecified atom stereocenters. The summed E-state index contributed by atoms with van der Waals surface area (Å²) >= 11 is 0. The predicted octanol–water partition coefficient (Wildman–Crippen LogP) is 9.06. The molecule has 224 valence electrons. The number of hydrogen-bond donors (Lipinski definition) is 0. The van der Waals surface area contributed by atoms with Crippen LogP contribution in [0.1, 0.15) is 58.4 Å². The van der Waals surface area contributed by atoms with Crippen LogP contribution in [0.4, 0.5) is 0 Å². The first-order valence-corrected chi connectivity index (χ1v) is 14.9. The summed E-state index contributed by atoms with van der Waals surface area (Å²) in [6, 6.07) is 31.7. The van der Waals surface area contributed by atoms with Crippen molar-refractivity contribution in [3.05, 3.63) is 102 Å². The van der Waals surface area contributed by atoms with Crippen molar-refractivity contribution < 1.29 is 21.1 Å². The molecule has 0 aliphatic carbocycles.